The van der Waals surface area contributed by atoms with E-state index in [0.29, 0.717) is 10.6 Å². The molecule has 4 nitrogen and oxygen atoms in total. The number of fused-ring (bicyclic) bond motifs is 1. The minimum Gasteiger partial charge on any atom is -0.381 e. The number of nitrogens with zero attached hydrogens (tertiary/aromatic N) is 1. The van der Waals surface area contributed by atoms with Gasteiger partial charge in [0.05, 0.1) is 16.7 Å². The zero-order valence-corrected chi connectivity index (χ0v) is 13.0. The zero-order valence-electron chi connectivity index (χ0n) is 12.2. The summed E-state index contributed by atoms with van der Waals surface area (Å²) in [6.07, 6.45) is 3.39. The van der Waals surface area contributed by atoms with Crippen molar-refractivity contribution < 1.29 is 4.74 Å². The van der Waals surface area contributed by atoms with Crippen LogP contribution in [0.3, 0.4) is 0 Å². The molecule has 1 aromatic carbocycles. The summed E-state index contributed by atoms with van der Waals surface area (Å²) >= 11 is 1.87. The number of thioether (sulfide) groups is 1. The van der Waals surface area contributed by atoms with Gasteiger partial charge in [-0.2, -0.15) is 11.8 Å². The van der Waals surface area contributed by atoms with Crippen molar-refractivity contribution in [3.63, 3.8) is 0 Å². The molecule has 1 atom stereocenters. The van der Waals surface area contributed by atoms with Crippen LogP contribution in [-0.4, -0.2) is 28.4 Å². The minimum absolute atomic E-state index is 0.0384. The maximum absolute atomic E-state index is 12.1. The molecule has 1 fully saturated rings. The van der Waals surface area contributed by atoms with E-state index in [1.165, 1.54) is 6.42 Å². The molecule has 1 saturated heterocycles. The summed E-state index contributed by atoms with van der Waals surface area (Å²) in [6.45, 7) is 3.72. The van der Waals surface area contributed by atoms with Gasteiger partial charge in [0.15, 0.2) is 0 Å². The van der Waals surface area contributed by atoms with Crippen molar-refractivity contribution >= 4 is 22.7 Å². The number of hydrogen-bond donors (Lipinski definition) is 1. The lowest BCUT2D eigenvalue weighted by Gasteiger charge is -2.12. The summed E-state index contributed by atoms with van der Waals surface area (Å²) in [7, 11) is 0. The molecule has 1 aliphatic heterocycles. The molecule has 2 aromatic rings. The minimum atomic E-state index is -0.0384. The first-order valence-corrected chi connectivity index (χ1v) is 8.47. The molecule has 0 aliphatic carbocycles. The van der Waals surface area contributed by atoms with E-state index in [9.17, 15) is 4.79 Å². The molecule has 1 unspecified atom stereocenters. The van der Waals surface area contributed by atoms with Crippen LogP contribution in [0.15, 0.2) is 23.0 Å². The standard InChI is InChI=1S/C16H20N2O2S/c1-11-4-2-6-13-15(11)17-14(18-16(13)19)10-21-12-5-3-8-20-9-7-12/h2,4,6,12H,3,5,7-10H2,1H3,(H,17,18,19). The van der Waals surface area contributed by atoms with Gasteiger partial charge in [0.25, 0.3) is 5.56 Å². The van der Waals surface area contributed by atoms with E-state index in [1.54, 1.807) is 0 Å². The highest BCUT2D eigenvalue weighted by atomic mass is 32.2. The summed E-state index contributed by atoms with van der Waals surface area (Å²) in [4.78, 5) is 19.7. The largest absolute Gasteiger partial charge is 0.381 e. The van der Waals surface area contributed by atoms with Gasteiger partial charge in [-0.15, -0.1) is 0 Å². The van der Waals surface area contributed by atoms with Gasteiger partial charge in [-0.1, -0.05) is 12.1 Å². The van der Waals surface area contributed by atoms with Crippen molar-refractivity contribution in [3.05, 3.63) is 39.9 Å². The van der Waals surface area contributed by atoms with Gasteiger partial charge in [0.2, 0.25) is 0 Å². The van der Waals surface area contributed by atoms with Crippen molar-refractivity contribution in [1.29, 1.82) is 0 Å². The number of aromatic amines is 1. The van der Waals surface area contributed by atoms with Crippen LogP contribution >= 0.6 is 11.8 Å². The third kappa shape index (κ3) is 3.47. The average Bonchev–Trinajstić information content (AvgIpc) is 2.75. The molecule has 1 aliphatic rings. The first-order chi connectivity index (χ1) is 10.2. The van der Waals surface area contributed by atoms with E-state index in [4.69, 9.17) is 4.74 Å². The average molecular weight is 304 g/mol. The number of ether oxygens (including phenoxy) is 1. The van der Waals surface area contributed by atoms with Gasteiger partial charge < -0.3 is 9.72 Å². The Balaban J connectivity index is 1.78. The topological polar surface area (TPSA) is 55.0 Å². The summed E-state index contributed by atoms with van der Waals surface area (Å²) in [6, 6.07) is 5.72. The highest BCUT2D eigenvalue weighted by molar-refractivity contribution is 7.99. The molecule has 5 heteroatoms. The Morgan fingerprint density at radius 1 is 1.38 bits per heavy atom. The molecule has 0 spiro atoms. The van der Waals surface area contributed by atoms with Crippen LogP contribution in [0.4, 0.5) is 0 Å². The fourth-order valence-electron chi connectivity index (χ4n) is 2.66. The van der Waals surface area contributed by atoms with Gasteiger partial charge in [0, 0.05) is 18.5 Å². The summed E-state index contributed by atoms with van der Waals surface area (Å²) in [5.74, 6) is 1.53. The first-order valence-electron chi connectivity index (χ1n) is 7.42. The van der Waals surface area contributed by atoms with Crippen LogP contribution in [0, 0.1) is 6.92 Å². The van der Waals surface area contributed by atoms with E-state index < -0.39 is 0 Å². The normalized spacial score (nSPS) is 19.6. The molecule has 0 radical (unpaired) electrons. The van der Waals surface area contributed by atoms with Crippen molar-refractivity contribution in [2.24, 2.45) is 0 Å². The van der Waals surface area contributed by atoms with E-state index in [2.05, 4.69) is 9.97 Å². The number of benzene rings is 1. The lowest BCUT2D eigenvalue weighted by atomic mass is 10.1. The molecule has 0 amide bonds. The second-order valence-corrected chi connectivity index (χ2v) is 6.75. The number of nitrogens with one attached hydrogen (secondary N) is 1. The number of aromatic nitrogens is 2. The maximum atomic E-state index is 12.1. The van der Waals surface area contributed by atoms with Crippen LogP contribution < -0.4 is 5.56 Å². The van der Waals surface area contributed by atoms with Crippen molar-refractivity contribution in [1.82, 2.24) is 9.97 Å². The smallest absolute Gasteiger partial charge is 0.258 e. The molecule has 3 rings (SSSR count). The Bertz CT molecular complexity index is 676. The van der Waals surface area contributed by atoms with Crippen LogP contribution in [0.2, 0.25) is 0 Å². The quantitative estimate of drug-likeness (QED) is 0.947. The highest BCUT2D eigenvalue weighted by Gasteiger charge is 2.14. The first kappa shape index (κ1) is 14.6. The number of rotatable bonds is 3. The van der Waals surface area contributed by atoms with Crippen molar-refractivity contribution in [3.8, 4) is 0 Å². The summed E-state index contributed by atoms with van der Waals surface area (Å²) in [5, 5.41) is 1.27. The Morgan fingerprint density at radius 3 is 3.19 bits per heavy atom. The highest BCUT2D eigenvalue weighted by Crippen LogP contribution is 2.25. The lowest BCUT2D eigenvalue weighted by Crippen LogP contribution is -2.13. The lowest BCUT2D eigenvalue weighted by molar-refractivity contribution is 0.144. The Labute approximate surface area is 128 Å². The second-order valence-electron chi connectivity index (χ2n) is 5.46. The summed E-state index contributed by atoms with van der Waals surface area (Å²) in [5.41, 5.74) is 1.83. The SMILES string of the molecule is Cc1cccc2c(=O)[nH]c(CSC3CCCOCC3)nc12. The predicted octanol–water partition coefficient (Wildman–Crippen LogP) is 3.03. The van der Waals surface area contributed by atoms with Crippen LogP contribution in [0.5, 0.6) is 0 Å². The van der Waals surface area contributed by atoms with Crippen LogP contribution in [0.25, 0.3) is 10.9 Å². The molecule has 0 saturated carbocycles. The second kappa shape index (κ2) is 6.62. The molecule has 2 heterocycles. The predicted molar refractivity (Wildman–Crippen MR) is 86.9 cm³/mol. The van der Waals surface area contributed by atoms with Crippen molar-refractivity contribution in [2.45, 2.75) is 37.2 Å². The van der Waals surface area contributed by atoms with Crippen LogP contribution in [-0.2, 0) is 10.5 Å². The molecule has 1 N–H and O–H groups in total. The van der Waals surface area contributed by atoms with Gasteiger partial charge >= 0.3 is 0 Å². The van der Waals surface area contributed by atoms with Gasteiger partial charge in [-0.3, -0.25) is 4.79 Å². The Morgan fingerprint density at radius 2 is 2.29 bits per heavy atom. The molecule has 112 valence electrons. The van der Waals surface area contributed by atoms with E-state index in [1.807, 2.05) is 36.9 Å². The monoisotopic (exact) mass is 304 g/mol. The van der Waals surface area contributed by atoms with Crippen LogP contribution in [0.1, 0.15) is 30.7 Å². The van der Waals surface area contributed by atoms with Gasteiger partial charge in [-0.05, 0) is 37.8 Å². The van der Waals surface area contributed by atoms with E-state index in [0.717, 1.165) is 48.7 Å². The fourth-order valence-corrected chi connectivity index (χ4v) is 3.78. The number of aryl methyl sites for hydroxylation is 1. The molecular formula is C16H20N2O2S. The Hall–Kier alpha value is -1.33. The van der Waals surface area contributed by atoms with E-state index in [-0.39, 0.29) is 5.56 Å². The number of hydrogen-bond acceptors (Lipinski definition) is 4. The van der Waals surface area contributed by atoms with Crippen molar-refractivity contribution in [2.75, 3.05) is 13.2 Å². The summed E-state index contributed by atoms with van der Waals surface area (Å²) < 4.78 is 5.48. The third-order valence-electron chi connectivity index (χ3n) is 3.84. The zero-order chi connectivity index (χ0) is 14.7. The number of para-hydroxylation sites is 1. The molecular weight excluding hydrogens is 284 g/mol. The number of H-pyrrole nitrogens is 1. The Kier molecular flexibility index (Phi) is 4.60. The van der Waals surface area contributed by atoms with Gasteiger partial charge in [-0.25, -0.2) is 4.98 Å². The third-order valence-corrected chi connectivity index (χ3v) is 5.22. The molecule has 0 bridgehead atoms. The fraction of sp³-hybridized carbons (Fsp3) is 0.500. The molecule has 21 heavy (non-hydrogen) atoms. The maximum Gasteiger partial charge on any atom is 0.258 e. The molecule has 1 aromatic heterocycles. The van der Waals surface area contributed by atoms with Gasteiger partial charge in [0.1, 0.15) is 5.82 Å². The van der Waals surface area contributed by atoms with E-state index >= 15 is 0 Å².